The van der Waals surface area contributed by atoms with E-state index in [4.69, 9.17) is 16.7 Å². The van der Waals surface area contributed by atoms with Gasteiger partial charge in [0.1, 0.15) is 0 Å². The Morgan fingerprint density at radius 1 is 1.16 bits per heavy atom. The quantitative estimate of drug-likeness (QED) is 0.889. The Labute approximate surface area is 120 Å². The van der Waals surface area contributed by atoms with Crippen molar-refractivity contribution in [2.24, 2.45) is 0 Å². The van der Waals surface area contributed by atoms with Gasteiger partial charge in [0.05, 0.1) is 15.8 Å². The zero-order chi connectivity index (χ0) is 13.9. The van der Waals surface area contributed by atoms with Gasteiger partial charge in [-0.1, -0.05) is 23.7 Å². The van der Waals surface area contributed by atoms with Crippen molar-refractivity contribution in [2.45, 2.75) is 18.0 Å². The Morgan fingerprint density at radius 3 is 2.37 bits per heavy atom. The van der Waals surface area contributed by atoms with Crippen molar-refractivity contribution in [3.8, 4) is 0 Å². The van der Waals surface area contributed by atoms with Crippen LogP contribution in [0.1, 0.15) is 10.4 Å². The first kappa shape index (κ1) is 14.5. The molecular weight excluding hydrogens is 306 g/mol. The second-order valence-electron chi connectivity index (χ2n) is 3.83. The van der Waals surface area contributed by atoms with E-state index < -0.39 is 10.0 Å². The number of rotatable bonds is 5. The topological polar surface area (TPSA) is 66.4 Å². The highest BCUT2D eigenvalue weighted by molar-refractivity contribution is 7.89. The van der Waals surface area contributed by atoms with Gasteiger partial charge in [0, 0.05) is 11.4 Å². The largest absolute Gasteiger partial charge is 0.392 e. The molecule has 2 N–H and O–H groups in total. The molecule has 2 rings (SSSR count). The number of hydrogen-bond donors (Lipinski definition) is 2. The van der Waals surface area contributed by atoms with Crippen LogP contribution in [-0.2, 0) is 23.2 Å². The molecule has 102 valence electrons. The molecule has 0 bridgehead atoms. The minimum absolute atomic E-state index is 0.110. The Kier molecular flexibility index (Phi) is 4.59. The highest BCUT2D eigenvalue weighted by Gasteiger charge is 2.13. The van der Waals surface area contributed by atoms with Gasteiger partial charge in [-0.15, -0.1) is 11.3 Å². The molecule has 0 fully saturated rings. The van der Waals surface area contributed by atoms with Gasteiger partial charge in [-0.2, -0.15) is 0 Å². The molecule has 0 spiro atoms. The molecule has 7 heteroatoms. The Morgan fingerprint density at radius 2 is 1.84 bits per heavy atom. The van der Waals surface area contributed by atoms with E-state index in [0.717, 1.165) is 4.88 Å². The van der Waals surface area contributed by atoms with Gasteiger partial charge in [0.15, 0.2) is 0 Å². The maximum atomic E-state index is 12.0. The Hall–Kier alpha value is -0.920. The van der Waals surface area contributed by atoms with Crippen LogP contribution in [0.4, 0.5) is 0 Å². The van der Waals surface area contributed by atoms with Crippen LogP contribution in [0, 0.1) is 0 Å². The SMILES string of the molecule is O=S(=O)(NCc1ccc(Cl)s1)c1ccc(CO)cc1. The van der Waals surface area contributed by atoms with Crippen LogP contribution in [0.2, 0.25) is 4.34 Å². The summed E-state index contributed by atoms with van der Waals surface area (Å²) in [5.74, 6) is 0. The molecule has 0 unspecified atom stereocenters. The molecule has 1 aromatic carbocycles. The maximum absolute atomic E-state index is 12.0. The van der Waals surface area contributed by atoms with Crippen molar-refractivity contribution in [3.05, 3.63) is 51.2 Å². The first-order valence-electron chi connectivity index (χ1n) is 5.45. The molecule has 0 aliphatic rings. The summed E-state index contributed by atoms with van der Waals surface area (Å²) in [5.41, 5.74) is 0.670. The summed E-state index contributed by atoms with van der Waals surface area (Å²) in [6.45, 7) is 0.100. The van der Waals surface area contributed by atoms with Crippen molar-refractivity contribution in [3.63, 3.8) is 0 Å². The molecule has 0 saturated carbocycles. The van der Waals surface area contributed by atoms with E-state index in [9.17, 15) is 8.42 Å². The minimum Gasteiger partial charge on any atom is -0.392 e. The van der Waals surface area contributed by atoms with Crippen molar-refractivity contribution < 1.29 is 13.5 Å². The molecule has 1 heterocycles. The van der Waals surface area contributed by atoms with Crippen LogP contribution >= 0.6 is 22.9 Å². The first-order chi connectivity index (χ1) is 9.01. The van der Waals surface area contributed by atoms with Crippen molar-refractivity contribution >= 4 is 33.0 Å². The number of aliphatic hydroxyl groups is 1. The predicted octanol–water partition coefficient (Wildman–Crippen LogP) is 2.37. The highest BCUT2D eigenvalue weighted by atomic mass is 35.5. The molecule has 0 atom stereocenters. The zero-order valence-corrected chi connectivity index (χ0v) is 12.2. The van der Waals surface area contributed by atoms with Gasteiger partial charge in [-0.3, -0.25) is 0 Å². The van der Waals surface area contributed by atoms with E-state index in [1.54, 1.807) is 24.3 Å². The van der Waals surface area contributed by atoms with Gasteiger partial charge >= 0.3 is 0 Å². The number of aliphatic hydroxyl groups excluding tert-OH is 1. The van der Waals surface area contributed by atoms with E-state index in [1.807, 2.05) is 0 Å². The second kappa shape index (κ2) is 6.02. The minimum atomic E-state index is -3.54. The fourth-order valence-electron chi connectivity index (χ4n) is 1.47. The lowest BCUT2D eigenvalue weighted by Crippen LogP contribution is -2.22. The van der Waals surface area contributed by atoms with E-state index in [0.29, 0.717) is 9.90 Å². The van der Waals surface area contributed by atoms with E-state index in [1.165, 1.54) is 23.5 Å². The van der Waals surface area contributed by atoms with Crippen LogP contribution in [0.25, 0.3) is 0 Å². The molecule has 19 heavy (non-hydrogen) atoms. The maximum Gasteiger partial charge on any atom is 0.240 e. The Balaban J connectivity index is 2.09. The average molecular weight is 318 g/mol. The van der Waals surface area contributed by atoms with Crippen molar-refractivity contribution in [1.82, 2.24) is 4.72 Å². The zero-order valence-electron chi connectivity index (χ0n) is 9.84. The van der Waals surface area contributed by atoms with Crippen LogP contribution in [0.15, 0.2) is 41.3 Å². The number of hydrogen-bond acceptors (Lipinski definition) is 4. The van der Waals surface area contributed by atoms with Gasteiger partial charge in [-0.05, 0) is 29.8 Å². The molecule has 1 aromatic heterocycles. The standard InChI is InChI=1S/C12H12ClNO3S2/c13-12-6-3-10(18-12)7-14-19(16,17)11-4-1-9(8-15)2-5-11/h1-6,14-15H,7-8H2. The smallest absolute Gasteiger partial charge is 0.240 e. The van der Waals surface area contributed by atoms with Crippen LogP contribution in [-0.4, -0.2) is 13.5 Å². The molecule has 0 amide bonds. The summed E-state index contributed by atoms with van der Waals surface area (Å²) in [6, 6.07) is 9.61. The van der Waals surface area contributed by atoms with Gasteiger partial charge in [0.2, 0.25) is 10.0 Å². The number of nitrogens with one attached hydrogen (secondary N) is 1. The van der Waals surface area contributed by atoms with Gasteiger partial charge in [0.25, 0.3) is 0 Å². The molecule has 0 aliphatic heterocycles. The second-order valence-corrected chi connectivity index (χ2v) is 7.40. The van der Waals surface area contributed by atoms with Gasteiger partial charge < -0.3 is 5.11 Å². The monoisotopic (exact) mass is 317 g/mol. The van der Waals surface area contributed by atoms with E-state index in [-0.39, 0.29) is 18.0 Å². The van der Waals surface area contributed by atoms with E-state index in [2.05, 4.69) is 4.72 Å². The fourth-order valence-corrected chi connectivity index (χ4v) is 3.60. The molecule has 0 saturated heterocycles. The lowest BCUT2D eigenvalue weighted by atomic mass is 10.2. The third-order valence-electron chi connectivity index (χ3n) is 2.48. The first-order valence-corrected chi connectivity index (χ1v) is 8.13. The molecule has 0 radical (unpaired) electrons. The van der Waals surface area contributed by atoms with E-state index >= 15 is 0 Å². The van der Waals surface area contributed by atoms with Crippen LogP contribution < -0.4 is 4.72 Å². The summed E-state index contributed by atoms with van der Waals surface area (Å²) in [7, 11) is -3.54. The van der Waals surface area contributed by atoms with Crippen LogP contribution in [0.3, 0.4) is 0 Å². The summed E-state index contributed by atoms with van der Waals surface area (Å²) < 4.78 is 27.2. The van der Waals surface area contributed by atoms with Gasteiger partial charge in [-0.25, -0.2) is 13.1 Å². The fraction of sp³-hybridized carbons (Fsp3) is 0.167. The summed E-state index contributed by atoms with van der Waals surface area (Å²) in [4.78, 5) is 1.02. The lowest BCUT2D eigenvalue weighted by Gasteiger charge is -2.06. The molecule has 2 aromatic rings. The summed E-state index contributed by atoms with van der Waals surface area (Å²) >= 11 is 7.11. The number of sulfonamides is 1. The summed E-state index contributed by atoms with van der Waals surface area (Å²) in [5, 5.41) is 8.91. The third kappa shape index (κ3) is 3.77. The normalized spacial score (nSPS) is 11.7. The lowest BCUT2D eigenvalue weighted by molar-refractivity contribution is 0.282. The van der Waals surface area contributed by atoms with Crippen molar-refractivity contribution in [2.75, 3.05) is 0 Å². The van der Waals surface area contributed by atoms with Crippen molar-refractivity contribution in [1.29, 1.82) is 0 Å². The predicted molar refractivity (Wildman–Crippen MR) is 75.7 cm³/mol. The van der Waals surface area contributed by atoms with Crippen LogP contribution in [0.5, 0.6) is 0 Å². The highest BCUT2D eigenvalue weighted by Crippen LogP contribution is 2.21. The molecule has 0 aliphatic carbocycles. The number of benzene rings is 1. The third-order valence-corrected chi connectivity index (χ3v) is 5.13. The average Bonchev–Trinajstić information content (AvgIpc) is 2.82. The Bertz CT molecular complexity index is 650. The molecule has 4 nitrogen and oxygen atoms in total. The number of thiophene rings is 1. The number of halogens is 1. The molecular formula is C12H12ClNO3S2. The summed E-state index contributed by atoms with van der Waals surface area (Å²) in [6.07, 6.45) is 0.